The second kappa shape index (κ2) is 4.56. The van der Waals surface area contributed by atoms with E-state index in [9.17, 15) is 5.11 Å². The third kappa shape index (κ3) is 2.27. The van der Waals surface area contributed by atoms with Gasteiger partial charge in [0.1, 0.15) is 0 Å². The van der Waals surface area contributed by atoms with Crippen molar-refractivity contribution in [1.82, 2.24) is 4.90 Å². The molecule has 6 heteroatoms. The van der Waals surface area contributed by atoms with Crippen LogP contribution in [0.5, 0.6) is 0 Å². The Morgan fingerprint density at radius 2 is 1.81 bits per heavy atom. The molecule has 1 atom stereocenters. The van der Waals surface area contributed by atoms with Crippen molar-refractivity contribution in [1.29, 1.82) is 0 Å². The van der Waals surface area contributed by atoms with Crippen LogP contribution in [-0.2, 0) is 9.31 Å². The Balaban J connectivity index is 1.92. The molecule has 0 bridgehead atoms. The summed E-state index contributed by atoms with van der Waals surface area (Å²) >= 11 is 0. The molecule has 0 spiro atoms. The first-order valence-corrected chi connectivity index (χ1v) is 7.15. The summed E-state index contributed by atoms with van der Waals surface area (Å²) in [5.74, 6) is 0. The van der Waals surface area contributed by atoms with E-state index in [0.717, 1.165) is 16.7 Å². The lowest BCUT2D eigenvalue weighted by atomic mass is 9.78. The summed E-state index contributed by atoms with van der Waals surface area (Å²) in [4.78, 5) is 6.02. The Kier molecular flexibility index (Phi) is 3.17. The molecule has 112 valence electrons. The van der Waals surface area contributed by atoms with Crippen molar-refractivity contribution in [2.45, 2.75) is 45.1 Å². The standard InChI is InChI=1S/C15H21BN2O3/c1-14(2)15(3,4)21-16(20-14)10-6-7-11-12(8-10)17-9-18(5)13(11)19/h6-9,13,19H,1-5H3. The number of fused-ring (bicyclic) bond motifs is 1. The maximum absolute atomic E-state index is 10.1. The fraction of sp³-hybridized carbons (Fsp3) is 0.533. The van der Waals surface area contributed by atoms with Gasteiger partial charge in [0.25, 0.3) is 0 Å². The van der Waals surface area contributed by atoms with Crippen molar-refractivity contribution in [3.8, 4) is 0 Å². The average molecular weight is 288 g/mol. The van der Waals surface area contributed by atoms with Gasteiger partial charge in [0.15, 0.2) is 6.23 Å². The van der Waals surface area contributed by atoms with Gasteiger partial charge in [0.2, 0.25) is 0 Å². The van der Waals surface area contributed by atoms with E-state index in [1.165, 1.54) is 0 Å². The number of nitrogens with zero attached hydrogens (tertiary/aromatic N) is 2. The predicted molar refractivity (Wildman–Crippen MR) is 83.0 cm³/mol. The molecule has 2 heterocycles. The summed E-state index contributed by atoms with van der Waals surface area (Å²) in [6.07, 6.45) is 0.964. The molecule has 5 nitrogen and oxygen atoms in total. The number of rotatable bonds is 1. The lowest BCUT2D eigenvalue weighted by Crippen LogP contribution is -2.41. The fourth-order valence-electron chi connectivity index (χ4n) is 2.45. The molecule has 2 aliphatic heterocycles. The summed E-state index contributed by atoms with van der Waals surface area (Å²) < 4.78 is 12.1. The van der Waals surface area contributed by atoms with Crippen LogP contribution in [0.3, 0.4) is 0 Å². The molecule has 21 heavy (non-hydrogen) atoms. The fourth-order valence-corrected chi connectivity index (χ4v) is 2.45. The SMILES string of the molecule is CN1C=Nc2cc(B3OC(C)(C)C(C)(C)O3)ccc2C1O. The second-order valence-electron chi connectivity index (χ2n) is 6.69. The van der Waals surface area contributed by atoms with Gasteiger partial charge in [-0.2, -0.15) is 0 Å². The highest BCUT2D eigenvalue weighted by molar-refractivity contribution is 6.62. The largest absolute Gasteiger partial charge is 0.494 e. The number of benzene rings is 1. The van der Waals surface area contributed by atoms with Gasteiger partial charge in [-0.3, -0.25) is 0 Å². The van der Waals surface area contributed by atoms with Gasteiger partial charge >= 0.3 is 7.12 Å². The topological polar surface area (TPSA) is 54.3 Å². The van der Waals surface area contributed by atoms with Crippen LogP contribution in [-0.4, -0.2) is 41.7 Å². The van der Waals surface area contributed by atoms with Gasteiger partial charge in [0.05, 0.1) is 23.2 Å². The van der Waals surface area contributed by atoms with Crippen molar-refractivity contribution < 1.29 is 14.4 Å². The molecule has 1 N–H and O–H groups in total. The molecule has 1 saturated heterocycles. The van der Waals surface area contributed by atoms with Crippen molar-refractivity contribution in [3.63, 3.8) is 0 Å². The van der Waals surface area contributed by atoms with E-state index >= 15 is 0 Å². The zero-order valence-electron chi connectivity index (χ0n) is 13.1. The number of hydrogen-bond acceptors (Lipinski definition) is 5. The third-order valence-corrected chi connectivity index (χ3v) is 4.62. The maximum atomic E-state index is 10.1. The van der Waals surface area contributed by atoms with Gasteiger partial charge in [-0.15, -0.1) is 0 Å². The van der Waals surface area contributed by atoms with E-state index in [-0.39, 0.29) is 11.2 Å². The number of aliphatic hydroxyl groups is 1. The van der Waals surface area contributed by atoms with Crippen LogP contribution < -0.4 is 5.46 Å². The van der Waals surface area contributed by atoms with E-state index in [4.69, 9.17) is 9.31 Å². The van der Waals surface area contributed by atoms with E-state index in [0.29, 0.717) is 0 Å². The van der Waals surface area contributed by atoms with Crippen LogP contribution in [0.4, 0.5) is 5.69 Å². The van der Waals surface area contributed by atoms with Crippen LogP contribution >= 0.6 is 0 Å². The molecule has 2 aliphatic rings. The van der Waals surface area contributed by atoms with Crippen LogP contribution in [0.1, 0.15) is 39.5 Å². The van der Waals surface area contributed by atoms with Gasteiger partial charge < -0.3 is 19.3 Å². The molecule has 0 amide bonds. The molecule has 1 unspecified atom stereocenters. The highest BCUT2D eigenvalue weighted by Crippen LogP contribution is 2.37. The van der Waals surface area contributed by atoms with Crippen molar-refractivity contribution in [2.24, 2.45) is 4.99 Å². The molecule has 0 saturated carbocycles. The highest BCUT2D eigenvalue weighted by Gasteiger charge is 2.51. The predicted octanol–water partition coefficient (Wildman–Crippen LogP) is 1.58. The van der Waals surface area contributed by atoms with Crippen LogP contribution in [0.15, 0.2) is 23.2 Å². The van der Waals surface area contributed by atoms with E-state index in [1.54, 1.807) is 18.3 Å². The number of aliphatic hydroxyl groups excluding tert-OH is 1. The molecule has 1 aromatic rings. The monoisotopic (exact) mass is 288 g/mol. The van der Waals surface area contributed by atoms with Crippen LogP contribution in [0.25, 0.3) is 0 Å². The normalized spacial score (nSPS) is 26.1. The molecule has 1 aromatic carbocycles. The van der Waals surface area contributed by atoms with E-state index < -0.39 is 13.3 Å². The zero-order valence-corrected chi connectivity index (χ0v) is 13.1. The summed E-state index contributed by atoms with van der Waals surface area (Å²) in [6.45, 7) is 8.12. The minimum Gasteiger partial charge on any atom is -0.399 e. The zero-order chi connectivity index (χ0) is 15.4. The minimum atomic E-state index is -0.662. The quantitative estimate of drug-likeness (QED) is 0.797. The highest BCUT2D eigenvalue weighted by atomic mass is 16.7. The lowest BCUT2D eigenvalue weighted by molar-refractivity contribution is 0.00578. The molecule has 3 rings (SSSR count). The Morgan fingerprint density at radius 3 is 2.43 bits per heavy atom. The van der Waals surface area contributed by atoms with E-state index in [2.05, 4.69) is 4.99 Å². The first kappa shape index (κ1) is 14.6. The van der Waals surface area contributed by atoms with Crippen LogP contribution in [0, 0.1) is 0 Å². The van der Waals surface area contributed by atoms with Crippen molar-refractivity contribution in [3.05, 3.63) is 23.8 Å². The Morgan fingerprint density at radius 1 is 1.19 bits per heavy atom. The molecule has 0 aromatic heterocycles. The van der Waals surface area contributed by atoms with Crippen molar-refractivity contribution in [2.75, 3.05) is 7.05 Å². The van der Waals surface area contributed by atoms with Crippen LogP contribution in [0.2, 0.25) is 0 Å². The number of aliphatic imine (C=N–C) groups is 1. The molecule has 1 fully saturated rings. The summed E-state index contributed by atoms with van der Waals surface area (Å²) in [5, 5.41) is 10.1. The van der Waals surface area contributed by atoms with Crippen molar-refractivity contribution >= 4 is 24.6 Å². The molecule has 0 radical (unpaired) electrons. The molecular weight excluding hydrogens is 267 g/mol. The summed E-state index contributed by atoms with van der Waals surface area (Å²) in [6, 6.07) is 5.73. The first-order chi connectivity index (χ1) is 9.71. The van der Waals surface area contributed by atoms with Gasteiger partial charge in [-0.25, -0.2) is 4.99 Å². The second-order valence-corrected chi connectivity index (χ2v) is 6.69. The Labute approximate surface area is 125 Å². The Bertz CT molecular complexity index is 585. The summed E-state index contributed by atoms with van der Waals surface area (Å²) in [7, 11) is 1.38. The third-order valence-electron chi connectivity index (χ3n) is 4.62. The molecule has 0 aliphatic carbocycles. The summed E-state index contributed by atoms with van der Waals surface area (Å²) in [5.41, 5.74) is 1.74. The average Bonchev–Trinajstić information content (AvgIpc) is 2.63. The minimum absolute atomic E-state index is 0.365. The number of hydrogen-bond donors (Lipinski definition) is 1. The maximum Gasteiger partial charge on any atom is 0.494 e. The molecular formula is C15H21BN2O3. The van der Waals surface area contributed by atoms with Gasteiger partial charge in [-0.05, 0) is 39.2 Å². The Hall–Kier alpha value is -1.37. The first-order valence-electron chi connectivity index (χ1n) is 7.15. The van der Waals surface area contributed by atoms with E-state index in [1.807, 2.05) is 45.9 Å². The van der Waals surface area contributed by atoms with Gasteiger partial charge in [-0.1, -0.05) is 12.1 Å². The smallest absolute Gasteiger partial charge is 0.399 e. The lowest BCUT2D eigenvalue weighted by Gasteiger charge is -2.32. The van der Waals surface area contributed by atoms with Gasteiger partial charge in [0, 0.05) is 12.6 Å².